The second kappa shape index (κ2) is 13.6. The van der Waals surface area contributed by atoms with E-state index in [1.807, 2.05) is 20.8 Å². The molecule has 0 spiro atoms. The quantitative estimate of drug-likeness (QED) is 0.192. The molecule has 0 aromatic heterocycles. The maximum Gasteiger partial charge on any atom is 0.315 e. The zero-order valence-corrected chi connectivity index (χ0v) is 27.6. The lowest BCUT2D eigenvalue weighted by Crippen LogP contribution is -2.64. The highest BCUT2D eigenvalue weighted by Crippen LogP contribution is 2.36. The molecule has 0 aromatic rings. The van der Waals surface area contributed by atoms with Crippen LogP contribution in [-0.4, -0.2) is 87.9 Å². The molecule has 5 atom stereocenters. The van der Waals surface area contributed by atoms with Gasteiger partial charge in [0.1, 0.15) is 12.1 Å². The second-order valence-electron chi connectivity index (χ2n) is 15.0. The molecule has 5 aliphatic rings. The van der Waals surface area contributed by atoms with Crippen LogP contribution in [0.2, 0.25) is 0 Å². The summed E-state index contributed by atoms with van der Waals surface area (Å²) in [6, 6.07) is -3.51. The van der Waals surface area contributed by atoms with Crippen molar-refractivity contribution in [2.45, 2.75) is 109 Å². The van der Waals surface area contributed by atoms with E-state index in [1.54, 1.807) is 24.3 Å². The first kappa shape index (κ1) is 34.3. The predicted molar refractivity (Wildman–Crippen MR) is 171 cm³/mol. The van der Waals surface area contributed by atoms with Gasteiger partial charge in [-0.05, 0) is 43.4 Å². The van der Waals surface area contributed by atoms with Crippen LogP contribution < -0.4 is 21.7 Å². The van der Waals surface area contributed by atoms with Gasteiger partial charge in [0.15, 0.2) is 0 Å². The van der Waals surface area contributed by atoms with E-state index in [-0.39, 0.29) is 30.8 Å². The van der Waals surface area contributed by atoms with Gasteiger partial charge in [-0.1, -0.05) is 77.2 Å². The zero-order valence-electron chi connectivity index (χ0n) is 27.6. The molecule has 256 valence electrons. The van der Waals surface area contributed by atoms with Crippen LogP contribution in [0.3, 0.4) is 0 Å². The molecule has 13 nitrogen and oxygen atoms in total. The molecule has 47 heavy (non-hydrogen) atoms. The molecule has 2 saturated carbocycles. The van der Waals surface area contributed by atoms with E-state index in [0.717, 1.165) is 32.1 Å². The summed E-state index contributed by atoms with van der Waals surface area (Å²) in [7, 11) is 0. The number of hydrogen-bond donors (Lipinski definition) is 4. The van der Waals surface area contributed by atoms with Gasteiger partial charge < -0.3 is 26.6 Å². The number of Topliss-reactive ketones (excluding diaryl/α,β-unsaturated/α-hetero) is 1. The van der Waals surface area contributed by atoms with Crippen LogP contribution in [0.4, 0.5) is 4.79 Å². The van der Waals surface area contributed by atoms with Gasteiger partial charge in [0, 0.05) is 6.54 Å². The summed E-state index contributed by atoms with van der Waals surface area (Å²) < 4.78 is 0. The summed E-state index contributed by atoms with van der Waals surface area (Å²) in [5, 5.41) is 8.63. The number of nitrogens with zero attached hydrogens (tertiary/aromatic N) is 2. The van der Waals surface area contributed by atoms with Crippen molar-refractivity contribution < 1.29 is 33.6 Å². The van der Waals surface area contributed by atoms with Crippen molar-refractivity contribution in [2.24, 2.45) is 28.9 Å². The second-order valence-corrected chi connectivity index (χ2v) is 15.0. The van der Waals surface area contributed by atoms with Gasteiger partial charge in [-0.25, -0.2) is 4.79 Å². The number of allylic oxidation sites excluding steroid dienone is 2. The van der Waals surface area contributed by atoms with E-state index in [0.29, 0.717) is 32.1 Å². The molecule has 5 N–H and O–H groups in total. The maximum atomic E-state index is 14.1. The minimum Gasteiger partial charge on any atom is -0.363 e. The number of ketones is 1. The number of urea groups is 1. The molecule has 0 radical (unpaired) electrons. The van der Waals surface area contributed by atoms with E-state index in [2.05, 4.69) is 16.0 Å². The summed E-state index contributed by atoms with van der Waals surface area (Å²) in [5.74, 6) is -4.30. The lowest BCUT2D eigenvalue weighted by Gasteiger charge is -2.41. The van der Waals surface area contributed by atoms with Crippen molar-refractivity contribution in [2.75, 3.05) is 13.1 Å². The number of nitrogens with two attached hydrogens (primary N) is 1. The number of carbonyl (C=O) groups is 7. The number of fused-ring (bicyclic) bond motifs is 1. The van der Waals surface area contributed by atoms with Crippen LogP contribution >= 0.6 is 0 Å². The molecule has 5 rings (SSSR count). The molecular weight excluding hydrogens is 604 g/mol. The highest BCUT2D eigenvalue weighted by Gasteiger charge is 2.50. The van der Waals surface area contributed by atoms with Crippen molar-refractivity contribution in [3.05, 3.63) is 24.3 Å². The number of hydrogen-bond acceptors (Lipinski definition) is 7. The Balaban J connectivity index is 1.28. The highest BCUT2D eigenvalue weighted by molar-refractivity contribution is 6.37. The maximum absolute atomic E-state index is 14.1. The standard InChI is InChI=1S/C34H48N6O7/c1-33(2,3)26(31(46)39-17-9-12-24(39)28(43)36-23(18-20-13-14-20)25(41)27(35)42)37-32(47)38-34(15-7-4-8-16-34)19-40-29(44)21-10-5-6-11-22(21)30(40)45/h5-6,10-11,20-24,26H,4,7-9,12-19H2,1-3H3,(H2,35,42)(H,36,43)(H2,37,38,47)/t21?,22?,23?,24-,26+/m0/s1. The minimum absolute atomic E-state index is 0.0569. The lowest BCUT2D eigenvalue weighted by atomic mass is 9.81. The average Bonchev–Trinajstić information content (AvgIpc) is 3.65. The van der Waals surface area contributed by atoms with Crippen molar-refractivity contribution in [1.82, 2.24) is 25.8 Å². The van der Waals surface area contributed by atoms with Gasteiger partial charge in [0.2, 0.25) is 29.4 Å². The van der Waals surface area contributed by atoms with Crippen LogP contribution in [0.1, 0.15) is 85.0 Å². The lowest BCUT2D eigenvalue weighted by molar-refractivity contribution is -0.143. The average molecular weight is 653 g/mol. The number of likely N-dealkylation sites (tertiary alicyclic amines) is 2. The van der Waals surface area contributed by atoms with E-state index in [1.165, 1.54) is 9.80 Å². The number of nitrogens with one attached hydrogen (secondary N) is 3. The molecule has 2 saturated heterocycles. The number of amides is 7. The van der Waals surface area contributed by atoms with E-state index < -0.39 is 70.5 Å². The van der Waals surface area contributed by atoms with E-state index in [4.69, 9.17) is 5.73 Å². The van der Waals surface area contributed by atoms with Gasteiger partial charge in [-0.2, -0.15) is 0 Å². The molecule has 2 heterocycles. The van der Waals surface area contributed by atoms with Crippen LogP contribution in [0, 0.1) is 23.2 Å². The van der Waals surface area contributed by atoms with Crippen molar-refractivity contribution >= 4 is 41.4 Å². The summed E-state index contributed by atoms with van der Waals surface area (Å²) in [5.41, 5.74) is 3.65. The first-order chi connectivity index (χ1) is 22.2. The topological polar surface area (TPSA) is 188 Å². The molecule has 2 aliphatic heterocycles. The summed E-state index contributed by atoms with van der Waals surface area (Å²) in [4.78, 5) is 94.6. The third-order valence-electron chi connectivity index (χ3n) is 10.3. The normalized spacial score (nSPS) is 26.4. The summed E-state index contributed by atoms with van der Waals surface area (Å²) >= 11 is 0. The Morgan fingerprint density at radius 2 is 1.53 bits per heavy atom. The van der Waals surface area contributed by atoms with Gasteiger partial charge in [-0.15, -0.1) is 0 Å². The number of primary amides is 1. The largest absolute Gasteiger partial charge is 0.363 e. The van der Waals surface area contributed by atoms with Crippen LogP contribution in [-0.2, 0) is 28.8 Å². The summed E-state index contributed by atoms with van der Waals surface area (Å²) in [6.07, 6.45) is 13.8. The first-order valence-corrected chi connectivity index (χ1v) is 16.9. The van der Waals surface area contributed by atoms with Crippen LogP contribution in [0.15, 0.2) is 24.3 Å². The highest BCUT2D eigenvalue weighted by atomic mass is 16.2. The summed E-state index contributed by atoms with van der Waals surface area (Å²) in [6.45, 7) is 5.80. The fourth-order valence-corrected chi connectivity index (χ4v) is 7.44. The fraction of sp³-hybridized carbons (Fsp3) is 0.676. The number of rotatable bonds is 11. The van der Waals surface area contributed by atoms with Gasteiger partial charge >= 0.3 is 6.03 Å². The Morgan fingerprint density at radius 3 is 2.09 bits per heavy atom. The molecule has 3 aliphatic carbocycles. The molecular formula is C34H48N6O7. The van der Waals surface area contributed by atoms with Gasteiger partial charge in [0.05, 0.1) is 30.0 Å². The monoisotopic (exact) mass is 652 g/mol. The van der Waals surface area contributed by atoms with Gasteiger partial charge in [-0.3, -0.25) is 33.7 Å². The molecule has 4 fully saturated rings. The predicted octanol–water partition coefficient (Wildman–Crippen LogP) is 1.46. The van der Waals surface area contributed by atoms with E-state index in [9.17, 15) is 33.6 Å². The SMILES string of the molecule is CC(C)(C)[C@H](NC(=O)NC1(CN2C(=O)C3C=CC=CC3C2=O)CCCCC1)C(=O)N1CCC[C@H]1C(=O)NC(CC1CC1)C(=O)C(N)=O. The Morgan fingerprint density at radius 1 is 0.915 bits per heavy atom. The smallest absolute Gasteiger partial charge is 0.315 e. The van der Waals surface area contributed by atoms with Gasteiger partial charge in [0.25, 0.3) is 5.91 Å². The number of imide groups is 1. The van der Waals surface area contributed by atoms with Crippen molar-refractivity contribution in [3.8, 4) is 0 Å². The zero-order chi connectivity index (χ0) is 34.1. The van der Waals surface area contributed by atoms with Crippen molar-refractivity contribution in [1.29, 1.82) is 0 Å². The van der Waals surface area contributed by atoms with Crippen molar-refractivity contribution in [3.63, 3.8) is 0 Å². The molecule has 7 amide bonds. The van der Waals surface area contributed by atoms with Crippen LogP contribution in [0.5, 0.6) is 0 Å². The molecule has 13 heteroatoms. The third kappa shape index (κ3) is 7.59. The van der Waals surface area contributed by atoms with E-state index >= 15 is 0 Å². The number of carbonyl (C=O) groups excluding carboxylic acids is 7. The van der Waals surface area contributed by atoms with Crippen LogP contribution in [0.25, 0.3) is 0 Å². The molecule has 3 unspecified atom stereocenters. The Kier molecular flexibility index (Phi) is 9.93. The third-order valence-corrected chi connectivity index (χ3v) is 10.3. The minimum atomic E-state index is -1.11. The Bertz CT molecular complexity index is 1340. The first-order valence-electron chi connectivity index (χ1n) is 16.9. The molecule has 0 aromatic carbocycles. The Hall–Kier alpha value is -4.03. The molecule has 0 bridgehead atoms. The Labute approximate surface area is 275 Å². The fourth-order valence-electron chi connectivity index (χ4n) is 7.44.